The lowest BCUT2D eigenvalue weighted by Crippen LogP contribution is -2.45. The minimum Gasteiger partial charge on any atom is -0.368 e. The van der Waals surface area contributed by atoms with Crippen molar-refractivity contribution in [2.45, 2.75) is 45.6 Å². The van der Waals surface area contributed by atoms with Crippen LogP contribution < -0.4 is 11.1 Å². The SMILES string of the molecule is CC(C)CC(NC(=O)CCCc1ccccc1)C(N)=O. The van der Waals surface area contributed by atoms with E-state index in [4.69, 9.17) is 5.73 Å². The van der Waals surface area contributed by atoms with Crippen LogP contribution in [0, 0.1) is 5.92 Å². The molecule has 0 aliphatic carbocycles. The third-order valence-electron chi connectivity index (χ3n) is 3.10. The number of carbonyl (C=O) groups excluding carboxylic acids is 2. The van der Waals surface area contributed by atoms with Crippen molar-refractivity contribution >= 4 is 11.8 Å². The predicted octanol–water partition coefficient (Wildman–Crippen LogP) is 2.03. The van der Waals surface area contributed by atoms with Crippen molar-refractivity contribution in [3.63, 3.8) is 0 Å². The van der Waals surface area contributed by atoms with E-state index in [1.54, 1.807) is 0 Å². The van der Waals surface area contributed by atoms with Crippen LogP contribution in [-0.2, 0) is 16.0 Å². The Hall–Kier alpha value is -1.84. The van der Waals surface area contributed by atoms with Crippen LogP contribution in [0.4, 0.5) is 0 Å². The van der Waals surface area contributed by atoms with Gasteiger partial charge in [0.15, 0.2) is 0 Å². The maximum atomic E-state index is 11.8. The fourth-order valence-corrected chi connectivity index (χ4v) is 2.08. The normalized spacial score (nSPS) is 12.2. The first kappa shape index (κ1) is 16.2. The Kier molecular flexibility index (Phi) is 6.77. The number of amides is 2. The number of primary amides is 1. The van der Waals surface area contributed by atoms with Crippen LogP contribution in [0.15, 0.2) is 30.3 Å². The second-order valence-corrected chi connectivity index (χ2v) is 5.49. The van der Waals surface area contributed by atoms with Crippen LogP contribution in [0.5, 0.6) is 0 Å². The topological polar surface area (TPSA) is 72.2 Å². The molecule has 20 heavy (non-hydrogen) atoms. The number of nitrogens with two attached hydrogens (primary N) is 1. The molecule has 0 heterocycles. The van der Waals surface area contributed by atoms with E-state index in [-0.39, 0.29) is 5.91 Å². The Morgan fingerprint density at radius 3 is 2.40 bits per heavy atom. The number of hydrogen-bond acceptors (Lipinski definition) is 2. The van der Waals surface area contributed by atoms with Gasteiger partial charge in [0.2, 0.25) is 11.8 Å². The molecule has 2 amide bonds. The molecule has 110 valence electrons. The van der Waals surface area contributed by atoms with Gasteiger partial charge in [-0.3, -0.25) is 9.59 Å². The minimum absolute atomic E-state index is 0.106. The average molecular weight is 276 g/mol. The molecular formula is C16H24N2O2. The van der Waals surface area contributed by atoms with E-state index in [9.17, 15) is 9.59 Å². The monoisotopic (exact) mass is 276 g/mol. The molecule has 1 aromatic rings. The maximum absolute atomic E-state index is 11.8. The summed E-state index contributed by atoms with van der Waals surface area (Å²) >= 11 is 0. The van der Waals surface area contributed by atoms with Gasteiger partial charge in [-0.1, -0.05) is 44.2 Å². The summed E-state index contributed by atoms with van der Waals surface area (Å²) in [5.74, 6) is -0.252. The molecule has 0 aliphatic heterocycles. The van der Waals surface area contributed by atoms with Crippen molar-refractivity contribution in [1.82, 2.24) is 5.32 Å². The fourth-order valence-electron chi connectivity index (χ4n) is 2.08. The quantitative estimate of drug-likeness (QED) is 0.762. The van der Waals surface area contributed by atoms with Crippen LogP contribution >= 0.6 is 0 Å². The summed E-state index contributed by atoms with van der Waals surface area (Å²) in [6.45, 7) is 4.00. The van der Waals surface area contributed by atoms with E-state index in [0.29, 0.717) is 18.8 Å². The predicted molar refractivity (Wildman–Crippen MR) is 80.0 cm³/mol. The van der Waals surface area contributed by atoms with Crippen LogP contribution in [0.25, 0.3) is 0 Å². The fraction of sp³-hybridized carbons (Fsp3) is 0.500. The highest BCUT2D eigenvalue weighted by Gasteiger charge is 2.18. The van der Waals surface area contributed by atoms with Crippen LogP contribution in [0.2, 0.25) is 0 Å². The van der Waals surface area contributed by atoms with E-state index in [2.05, 4.69) is 5.32 Å². The lowest BCUT2D eigenvalue weighted by Gasteiger charge is -2.17. The zero-order valence-electron chi connectivity index (χ0n) is 12.3. The molecule has 0 aliphatic rings. The molecule has 0 aromatic heterocycles. The van der Waals surface area contributed by atoms with Crippen molar-refractivity contribution < 1.29 is 9.59 Å². The van der Waals surface area contributed by atoms with E-state index < -0.39 is 11.9 Å². The molecule has 1 aromatic carbocycles. The van der Waals surface area contributed by atoms with Gasteiger partial charge in [-0.2, -0.15) is 0 Å². The average Bonchev–Trinajstić information content (AvgIpc) is 2.38. The van der Waals surface area contributed by atoms with Crippen molar-refractivity contribution in [3.8, 4) is 0 Å². The Bertz CT molecular complexity index is 429. The summed E-state index contributed by atoms with van der Waals surface area (Å²) in [7, 11) is 0. The van der Waals surface area contributed by atoms with Gasteiger partial charge in [0.25, 0.3) is 0 Å². The van der Waals surface area contributed by atoms with Crippen molar-refractivity contribution in [2.24, 2.45) is 11.7 Å². The van der Waals surface area contributed by atoms with Gasteiger partial charge >= 0.3 is 0 Å². The Balaban J connectivity index is 2.33. The summed E-state index contributed by atoms with van der Waals surface area (Å²) < 4.78 is 0. The van der Waals surface area contributed by atoms with Gasteiger partial charge in [0, 0.05) is 6.42 Å². The van der Waals surface area contributed by atoms with Crippen LogP contribution in [0.1, 0.15) is 38.7 Å². The highest BCUT2D eigenvalue weighted by molar-refractivity contribution is 5.86. The van der Waals surface area contributed by atoms with Crippen molar-refractivity contribution in [2.75, 3.05) is 0 Å². The van der Waals surface area contributed by atoms with Gasteiger partial charge < -0.3 is 11.1 Å². The molecule has 0 radical (unpaired) electrons. The van der Waals surface area contributed by atoms with Gasteiger partial charge in [-0.25, -0.2) is 0 Å². The first-order chi connectivity index (χ1) is 9.49. The lowest BCUT2D eigenvalue weighted by molar-refractivity contribution is -0.127. The third-order valence-corrected chi connectivity index (χ3v) is 3.10. The molecule has 4 heteroatoms. The summed E-state index contributed by atoms with van der Waals surface area (Å²) in [6, 6.07) is 9.48. The molecule has 1 unspecified atom stereocenters. The number of benzene rings is 1. The van der Waals surface area contributed by atoms with E-state index in [0.717, 1.165) is 12.8 Å². The van der Waals surface area contributed by atoms with Gasteiger partial charge in [-0.05, 0) is 30.7 Å². The number of nitrogens with one attached hydrogen (secondary N) is 1. The second kappa shape index (κ2) is 8.35. The molecule has 0 fully saturated rings. The van der Waals surface area contributed by atoms with Crippen molar-refractivity contribution in [3.05, 3.63) is 35.9 Å². The number of aryl methyl sites for hydroxylation is 1. The first-order valence-corrected chi connectivity index (χ1v) is 7.11. The smallest absolute Gasteiger partial charge is 0.240 e. The van der Waals surface area contributed by atoms with Crippen molar-refractivity contribution in [1.29, 1.82) is 0 Å². The molecular weight excluding hydrogens is 252 g/mol. The molecule has 1 rings (SSSR count). The number of carbonyl (C=O) groups is 2. The van der Waals surface area contributed by atoms with Crippen LogP contribution in [0.3, 0.4) is 0 Å². The highest BCUT2D eigenvalue weighted by atomic mass is 16.2. The summed E-state index contributed by atoms with van der Waals surface area (Å²) in [5, 5.41) is 2.72. The molecule has 0 bridgehead atoms. The Labute approximate surface area is 120 Å². The van der Waals surface area contributed by atoms with Gasteiger partial charge in [0.1, 0.15) is 6.04 Å². The van der Waals surface area contributed by atoms with Gasteiger partial charge in [0.05, 0.1) is 0 Å². The first-order valence-electron chi connectivity index (χ1n) is 7.11. The molecule has 1 atom stereocenters. The highest BCUT2D eigenvalue weighted by Crippen LogP contribution is 2.07. The third kappa shape index (κ3) is 6.36. The van der Waals surface area contributed by atoms with E-state index >= 15 is 0 Å². The summed E-state index contributed by atoms with van der Waals surface area (Å²) in [5.41, 5.74) is 6.52. The second-order valence-electron chi connectivity index (χ2n) is 5.49. The standard InChI is InChI=1S/C16H24N2O2/c1-12(2)11-14(16(17)20)18-15(19)10-6-9-13-7-4-3-5-8-13/h3-5,7-8,12,14H,6,9-11H2,1-2H3,(H2,17,20)(H,18,19). The molecule has 0 saturated carbocycles. The van der Waals surface area contributed by atoms with Gasteiger partial charge in [-0.15, -0.1) is 0 Å². The van der Waals surface area contributed by atoms with E-state index in [1.165, 1.54) is 5.56 Å². The summed E-state index contributed by atoms with van der Waals surface area (Å²) in [4.78, 5) is 23.1. The lowest BCUT2D eigenvalue weighted by atomic mass is 10.0. The van der Waals surface area contributed by atoms with E-state index in [1.807, 2.05) is 44.2 Å². The Morgan fingerprint density at radius 1 is 1.20 bits per heavy atom. The summed E-state index contributed by atoms with van der Waals surface area (Å²) in [6.07, 6.45) is 2.62. The largest absolute Gasteiger partial charge is 0.368 e. The number of hydrogen-bond donors (Lipinski definition) is 2. The minimum atomic E-state index is -0.556. The molecule has 0 saturated heterocycles. The number of rotatable bonds is 8. The molecule has 3 N–H and O–H groups in total. The zero-order chi connectivity index (χ0) is 15.0. The molecule has 4 nitrogen and oxygen atoms in total. The van der Waals surface area contributed by atoms with Crippen LogP contribution in [-0.4, -0.2) is 17.9 Å². The zero-order valence-corrected chi connectivity index (χ0v) is 12.3. The Morgan fingerprint density at radius 2 is 1.85 bits per heavy atom. The molecule has 0 spiro atoms. The maximum Gasteiger partial charge on any atom is 0.240 e.